The molecule has 0 aliphatic heterocycles. The number of aryl methyl sites for hydroxylation is 2. The highest BCUT2D eigenvalue weighted by Gasteiger charge is 2.14. The molecule has 0 amide bonds. The summed E-state index contributed by atoms with van der Waals surface area (Å²) in [4.78, 5) is 8.74. The summed E-state index contributed by atoms with van der Waals surface area (Å²) in [5, 5.41) is -0.108. The van der Waals surface area contributed by atoms with E-state index in [1.807, 2.05) is 19.4 Å². The molecule has 0 saturated heterocycles. The predicted molar refractivity (Wildman–Crippen MR) is 88.9 cm³/mol. The zero-order chi connectivity index (χ0) is 14.1. The summed E-state index contributed by atoms with van der Waals surface area (Å²) in [7, 11) is 0. The first-order valence-corrected chi connectivity index (χ1v) is 7.92. The molecule has 4 nitrogen and oxygen atoms in total. The maximum absolute atomic E-state index is 6.28. The van der Waals surface area contributed by atoms with Crippen LogP contribution in [0.3, 0.4) is 0 Å². The van der Waals surface area contributed by atoms with Gasteiger partial charge in [-0.05, 0) is 47.7 Å². The van der Waals surface area contributed by atoms with Gasteiger partial charge in [-0.2, -0.15) is 0 Å². The second-order valence-electron chi connectivity index (χ2n) is 4.67. The van der Waals surface area contributed by atoms with Crippen LogP contribution in [0.15, 0.2) is 36.9 Å². The molecule has 0 N–H and O–H groups in total. The third-order valence-corrected chi connectivity index (χ3v) is 4.10. The molecule has 3 rings (SSSR count). The molecule has 1 aromatic carbocycles. The van der Waals surface area contributed by atoms with Crippen molar-refractivity contribution < 1.29 is 0 Å². The highest BCUT2D eigenvalue weighted by Crippen LogP contribution is 2.25. The van der Waals surface area contributed by atoms with E-state index in [0.29, 0.717) is 0 Å². The summed E-state index contributed by atoms with van der Waals surface area (Å²) in [6.45, 7) is 3.65. The van der Waals surface area contributed by atoms with E-state index in [4.69, 9.17) is 11.6 Å². The van der Waals surface area contributed by atoms with Crippen LogP contribution in [0.1, 0.15) is 18.1 Å². The molecule has 0 spiro atoms. The summed E-state index contributed by atoms with van der Waals surface area (Å²) in [5.74, 6) is 0.920. The van der Waals surface area contributed by atoms with Gasteiger partial charge < -0.3 is 9.13 Å². The number of hydrogen-bond donors (Lipinski definition) is 0. The lowest BCUT2D eigenvalue weighted by Crippen LogP contribution is -2.09. The van der Waals surface area contributed by atoms with E-state index in [-0.39, 0.29) is 5.38 Å². The third kappa shape index (κ3) is 2.69. The number of imidazole rings is 2. The van der Waals surface area contributed by atoms with Gasteiger partial charge in [0.05, 0.1) is 22.7 Å². The molecule has 0 aliphatic rings. The standard InChI is InChI=1S/C14H14ClIN4/c1-10(15)14-18-12-8-11(16)2-3-13(12)20(14)7-6-19-5-4-17-9-19/h2-5,8-10H,6-7H2,1H3. The number of alkyl halides is 1. The van der Waals surface area contributed by atoms with Crippen molar-refractivity contribution in [2.24, 2.45) is 0 Å². The molecular weight excluding hydrogens is 387 g/mol. The third-order valence-electron chi connectivity index (χ3n) is 3.24. The van der Waals surface area contributed by atoms with Gasteiger partial charge in [-0.25, -0.2) is 9.97 Å². The smallest absolute Gasteiger partial charge is 0.127 e. The summed E-state index contributed by atoms with van der Waals surface area (Å²) in [5.41, 5.74) is 2.14. The van der Waals surface area contributed by atoms with E-state index < -0.39 is 0 Å². The van der Waals surface area contributed by atoms with Gasteiger partial charge in [-0.3, -0.25) is 0 Å². The Bertz CT molecular complexity index is 718. The van der Waals surface area contributed by atoms with Crippen molar-refractivity contribution in [3.05, 3.63) is 46.3 Å². The minimum Gasteiger partial charge on any atom is -0.336 e. The predicted octanol–water partition coefficient (Wildman–Crippen LogP) is 3.84. The number of benzene rings is 1. The van der Waals surface area contributed by atoms with Gasteiger partial charge >= 0.3 is 0 Å². The topological polar surface area (TPSA) is 35.6 Å². The molecule has 1 unspecified atom stereocenters. The first-order chi connectivity index (χ1) is 9.65. The van der Waals surface area contributed by atoms with E-state index in [1.165, 1.54) is 3.57 Å². The van der Waals surface area contributed by atoms with E-state index in [2.05, 4.69) is 59.9 Å². The summed E-state index contributed by atoms with van der Waals surface area (Å²) in [6.07, 6.45) is 5.58. The van der Waals surface area contributed by atoms with Crippen LogP contribution in [-0.4, -0.2) is 19.1 Å². The number of fused-ring (bicyclic) bond motifs is 1. The Morgan fingerprint density at radius 1 is 1.35 bits per heavy atom. The fourth-order valence-electron chi connectivity index (χ4n) is 2.29. The molecule has 0 radical (unpaired) electrons. The summed E-state index contributed by atoms with van der Waals surface area (Å²) in [6, 6.07) is 6.30. The van der Waals surface area contributed by atoms with E-state index in [0.717, 1.165) is 29.9 Å². The van der Waals surface area contributed by atoms with Gasteiger partial charge in [0.15, 0.2) is 0 Å². The van der Waals surface area contributed by atoms with E-state index in [9.17, 15) is 0 Å². The number of aromatic nitrogens is 4. The van der Waals surface area contributed by atoms with Gasteiger partial charge in [-0.15, -0.1) is 11.6 Å². The highest BCUT2D eigenvalue weighted by atomic mass is 127. The molecular formula is C14H14ClIN4. The van der Waals surface area contributed by atoms with Gasteiger partial charge in [0.1, 0.15) is 5.82 Å². The van der Waals surface area contributed by atoms with Crippen molar-refractivity contribution in [1.29, 1.82) is 0 Å². The zero-order valence-corrected chi connectivity index (χ0v) is 13.9. The fourth-order valence-corrected chi connectivity index (χ4v) is 2.94. The maximum Gasteiger partial charge on any atom is 0.127 e. The number of hydrogen-bond acceptors (Lipinski definition) is 2. The van der Waals surface area contributed by atoms with E-state index in [1.54, 1.807) is 6.20 Å². The lowest BCUT2D eigenvalue weighted by atomic mass is 10.3. The van der Waals surface area contributed by atoms with Crippen molar-refractivity contribution in [1.82, 2.24) is 19.1 Å². The highest BCUT2D eigenvalue weighted by molar-refractivity contribution is 14.1. The maximum atomic E-state index is 6.28. The Kier molecular flexibility index (Phi) is 3.98. The Morgan fingerprint density at radius 2 is 2.20 bits per heavy atom. The van der Waals surface area contributed by atoms with Crippen LogP contribution in [0, 0.1) is 3.57 Å². The van der Waals surface area contributed by atoms with Crippen LogP contribution in [0.2, 0.25) is 0 Å². The van der Waals surface area contributed by atoms with Crippen LogP contribution < -0.4 is 0 Å². The van der Waals surface area contributed by atoms with Gasteiger partial charge in [-0.1, -0.05) is 0 Å². The largest absolute Gasteiger partial charge is 0.336 e. The molecule has 2 aromatic heterocycles. The Morgan fingerprint density at radius 3 is 2.90 bits per heavy atom. The van der Waals surface area contributed by atoms with Gasteiger partial charge in [0.2, 0.25) is 0 Å². The molecule has 104 valence electrons. The molecule has 0 aliphatic carbocycles. The minimum atomic E-state index is -0.108. The molecule has 6 heteroatoms. The fraction of sp³-hybridized carbons (Fsp3) is 0.286. The quantitative estimate of drug-likeness (QED) is 0.493. The van der Waals surface area contributed by atoms with Gasteiger partial charge in [0, 0.05) is 29.1 Å². The average molecular weight is 401 g/mol. The number of halogens is 2. The molecule has 2 heterocycles. The first kappa shape index (κ1) is 13.9. The van der Waals surface area contributed by atoms with Crippen molar-refractivity contribution in [3.63, 3.8) is 0 Å². The van der Waals surface area contributed by atoms with Crippen LogP contribution in [0.25, 0.3) is 11.0 Å². The molecule has 0 fully saturated rings. The van der Waals surface area contributed by atoms with Crippen molar-refractivity contribution in [2.45, 2.75) is 25.4 Å². The molecule has 1 atom stereocenters. The number of nitrogens with zero attached hydrogens (tertiary/aromatic N) is 4. The molecule has 0 bridgehead atoms. The average Bonchev–Trinajstić information content (AvgIpc) is 3.02. The van der Waals surface area contributed by atoms with Crippen molar-refractivity contribution in [2.75, 3.05) is 0 Å². The first-order valence-electron chi connectivity index (χ1n) is 6.40. The SMILES string of the molecule is CC(Cl)c1nc2cc(I)ccc2n1CCn1ccnc1. The number of rotatable bonds is 4. The Labute approximate surface area is 135 Å². The summed E-state index contributed by atoms with van der Waals surface area (Å²) >= 11 is 8.58. The Balaban J connectivity index is 2.00. The Hall–Kier alpha value is -1.08. The molecule has 3 aromatic rings. The van der Waals surface area contributed by atoms with Crippen LogP contribution in [0.5, 0.6) is 0 Å². The normalized spacial score (nSPS) is 12.9. The van der Waals surface area contributed by atoms with Crippen molar-refractivity contribution >= 4 is 45.2 Å². The van der Waals surface area contributed by atoms with E-state index >= 15 is 0 Å². The second-order valence-corrected chi connectivity index (χ2v) is 6.57. The monoisotopic (exact) mass is 400 g/mol. The molecule has 20 heavy (non-hydrogen) atoms. The lowest BCUT2D eigenvalue weighted by molar-refractivity contribution is 0.569. The van der Waals surface area contributed by atoms with Gasteiger partial charge in [0.25, 0.3) is 0 Å². The lowest BCUT2D eigenvalue weighted by Gasteiger charge is -2.11. The van der Waals surface area contributed by atoms with Crippen LogP contribution in [-0.2, 0) is 13.1 Å². The zero-order valence-electron chi connectivity index (χ0n) is 11.0. The van der Waals surface area contributed by atoms with Crippen LogP contribution in [0.4, 0.5) is 0 Å². The van der Waals surface area contributed by atoms with Crippen LogP contribution >= 0.6 is 34.2 Å². The second kappa shape index (κ2) is 5.73. The van der Waals surface area contributed by atoms with Crippen molar-refractivity contribution in [3.8, 4) is 0 Å². The minimum absolute atomic E-state index is 0.108. The molecule has 0 saturated carbocycles. The summed E-state index contributed by atoms with van der Waals surface area (Å²) < 4.78 is 5.44.